The lowest BCUT2D eigenvalue weighted by atomic mass is 10.0. The number of hydrogen-bond donors (Lipinski definition) is 1. The first-order valence-electron chi connectivity index (χ1n) is 5.59. The molecular weight excluding hydrogens is 262 g/mol. The first-order chi connectivity index (χ1) is 9.25. The zero-order chi connectivity index (χ0) is 13.2. The van der Waals surface area contributed by atoms with E-state index in [0.29, 0.717) is 16.8 Å². The summed E-state index contributed by atoms with van der Waals surface area (Å²) in [4.78, 5) is 17.4. The monoisotopic (exact) mass is 271 g/mol. The van der Waals surface area contributed by atoms with E-state index in [0.717, 1.165) is 4.88 Å². The van der Waals surface area contributed by atoms with Crippen LogP contribution < -0.4 is 0 Å². The average Bonchev–Trinajstić information content (AvgIpc) is 3.03. The molecule has 3 rings (SSSR count). The van der Waals surface area contributed by atoms with Crippen LogP contribution in [0.25, 0.3) is 6.08 Å². The van der Waals surface area contributed by atoms with E-state index in [1.807, 2.05) is 17.5 Å². The van der Waals surface area contributed by atoms with Crippen molar-refractivity contribution in [3.8, 4) is 5.75 Å². The van der Waals surface area contributed by atoms with Gasteiger partial charge in [0.05, 0.1) is 5.57 Å². The van der Waals surface area contributed by atoms with Crippen LogP contribution >= 0.6 is 11.3 Å². The summed E-state index contributed by atoms with van der Waals surface area (Å²) in [5, 5.41) is 15.5. The Morgan fingerprint density at radius 2 is 2.05 bits per heavy atom. The number of phenolic OH excluding ortho intramolecular Hbond substituents is 1. The summed E-state index contributed by atoms with van der Waals surface area (Å²) in [5.74, 6) is -0.441. The van der Waals surface area contributed by atoms with Crippen molar-refractivity contribution in [1.82, 2.24) is 0 Å². The first kappa shape index (κ1) is 11.7. The lowest BCUT2D eigenvalue weighted by Crippen LogP contribution is -2.06. The fourth-order valence-corrected chi connectivity index (χ4v) is 2.45. The van der Waals surface area contributed by atoms with Crippen molar-refractivity contribution in [3.63, 3.8) is 0 Å². The second-order valence-electron chi connectivity index (χ2n) is 3.91. The third kappa shape index (κ3) is 2.15. The Hall–Kier alpha value is -2.40. The molecule has 0 saturated carbocycles. The van der Waals surface area contributed by atoms with Crippen molar-refractivity contribution >= 4 is 29.1 Å². The molecule has 94 valence electrons. The molecule has 0 atom stereocenters. The van der Waals surface area contributed by atoms with Crippen LogP contribution in [0.5, 0.6) is 5.75 Å². The third-order valence-electron chi connectivity index (χ3n) is 2.68. The van der Waals surface area contributed by atoms with Crippen LogP contribution in [0.2, 0.25) is 0 Å². The van der Waals surface area contributed by atoms with E-state index in [1.165, 1.54) is 11.3 Å². The van der Waals surface area contributed by atoms with E-state index in [-0.39, 0.29) is 5.75 Å². The Balaban J connectivity index is 2.07. The SMILES string of the molecule is O=C1ON=C(c2ccccc2O)/C1=C/c1cccs1. The van der Waals surface area contributed by atoms with Crippen molar-refractivity contribution < 1.29 is 14.7 Å². The van der Waals surface area contributed by atoms with Gasteiger partial charge in [-0.3, -0.25) is 0 Å². The van der Waals surface area contributed by atoms with E-state index in [9.17, 15) is 9.90 Å². The van der Waals surface area contributed by atoms with Crippen LogP contribution in [0.4, 0.5) is 0 Å². The largest absolute Gasteiger partial charge is 0.507 e. The summed E-state index contributed by atoms with van der Waals surface area (Å²) in [7, 11) is 0. The number of carbonyl (C=O) groups excluding carboxylic acids is 1. The van der Waals surface area contributed by atoms with Gasteiger partial charge < -0.3 is 9.94 Å². The number of para-hydroxylation sites is 1. The van der Waals surface area contributed by atoms with E-state index in [1.54, 1.807) is 30.3 Å². The number of carbonyl (C=O) groups is 1. The minimum Gasteiger partial charge on any atom is -0.507 e. The molecule has 0 bridgehead atoms. The lowest BCUT2D eigenvalue weighted by Gasteiger charge is -2.02. The Labute approximate surface area is 113 Å². The van der Waals surface area contributed by atoms with Gasteiger partial charge in [-0.25, -0.2) is 4.79 Å². The zero-order valence-corrected chi connectivity index (χ0v) is 10.6. The standard InChI is InChI=1S/C14H9NO3S/c16-12-6-2-1-5-10(12)13-11(14(17)18-15-13)8-9-4-3-7-19-9/h1-8,16H/b11-8-. The highest BCUT2D eigenvalue weighted by Crippen LogP contribution is 2.26. The van der Waals surface area contributed by atoms with Gasteiger partial charge in [0, 0.05) is 10.4 Å². The minimum absolute atomic E-state index is 0.0663. The highest BCUT2D eigenvalue weighted by molar-refractivity contribution is 7.10. The Morgan fingerprint density at radius 3 is 2.79 bits per heavy atom. The molecule has 0 spiro atoms. The van der Waals surface area contributed by atoms with Crippen LogP contribution in [0, 0.1) is 0 Å². The summed E-state index contributed by atoms with van der Waals surface area (Å²) >= 11 is 1.51. The second kappa shape index (κ2) is 4.70. The molecule has 0 saturated heterocycles. The molecule has 19 heavy (non-hydrogen) atoms. The predicted molar refractivity (Wildman–Crippen MR) is 73.0 cm³/mol. The van der Waals surface area contributed by atoms with Gasteiger partial charge in [0.15, 0.2) is 0 Å². The molecular formula is C14H9NO3S. The molecule has 0 fully saturated rings. The summed E-state index contributed by atoms with van der Waals surface area (Å²) in [5.41, 5.74) is 1.19. The molecule has 1 aliphatic rings. The Kier molecular flexibility index (Phi) is 2.89. The molecule has 0 unspecified atom stereocenters. The van der Waals surface area contributed by atoms with Crippen molar-refractivity contribution in [3.05, 3.63) is 57.8 Å². The average molecular weight is 271 g/mol. The van der Waals surface area contributed by atoms with Gasteiger partial charge >= 0.3 is 5.97 Å². The molecule has 2 aromatic rings. The van der Waals surface area contributed by atoms with Crippen LogP contribution in [0.3, 0.4) is 0 Å². The molecule has 0 aliphatic carbocycles. The van der Waals surface area contributed by atoms with E-state index >= 15 is 0 Å². The summed E-state index contributed by atoms with van der Waals surface area (Å²) in [6.07, 6.45) is 1.71. The number of aromatic hydroxyl groups is 1. The maximum atomic E-state index is 11.7. The molecule has 1 N–H and O–H groups in total. The minimum atomic E-state index is -0.508. The Morgan fingerprint density at radius 1 is 1.21 bits per heavy atom. The normalized spacial score (nSPS) is 16.5. The van der Waals surface area contributed by atoms with E-state index in [4.69, 9.17) is 4.84 Å². The smallest absolute Gasteiger partial charge is 0.368 e. The maximum Gasteiger partial charge on any atom is 0.368 e. The quantitative estimate of drug-likeness (QED) is 0.675. The number of hydrogen-bond acceptors (Lipinski definition) is 5. The van der Waals surface area contributed by atoms with Gasteiger partial charge in [-0.1, -0.05) is 23.4 Å². The summed E-state index contributed by atoms with van der Waals surface area (Å²) < 4.78 is 0. The van der Waals surface area contributed by atoms with Crippen molar-refractivity contribution in [1.29, 1.82) is 0 Å². The lowest BCUT2D eigenvalue weighted by molar-refractivity contribution is -0.136. The molecule has 1 aliphatic heterocycles. The van der Waals surface area contributed by atoms with Gasteiger partial charge in [-0.05, 0) is 29.7 Å². The number of phenols is 1. The summed E-state index contributed by atoms with van der Waals surface area (Å²) in [6, 6.07) is 10.5. The van der Waals surface area contributed by atoms with Gasteiger partial charge in [-0.15, -0.1) is 11.3 Å². The molecule has 5 heteroatoms. The van der Waals surface area contributed by atoms with E-state index in [2.05, 4.69) is 5.16 Å². The van der Waals surface area contributed by atoms with E-state index < -0.39 is 5.97 Å². The number of nitrogens with zero attached hydrogens (tertiary/aromatic N) is 1. The molecule has 4 nitrogen and oxygen atoms in total. The van der Waals surface area contributed by atoms with Crippen LogP contribution in [0.1, 0.15) is 10.4 Å². The van der Waals surface area contributed by atoms with Gasteiger partial charge in [-0.2, -0.15) is 0 Å². The molecule has 0 radical (unpaired) electrons. The molecule has 1 aromatic carbocycles. The fourth-order valence-electron chi connectivity index (χ4n) is 1.79. The second-order valence-corrected chi connectivity index (χ2v) is 4.89. The Bertz CT molecular complexity index is 686. The third-order valence-corrected chi connectivity index (χ3v) is 3.50. The molecule has 1 aromatic heterocycles. The zero-order valence-electron chi connectivity index (χ0n) is 9.74. The fraction of sp³-hybridized carbons (Fsp3) is 0. The number of oxime groups is 1. The maximum absolute atomic E-state index is 11.7. The topological polar surface area (TPSA) is 58.9 Å². The predicted octanol–water partition coefficient (Wildman–Crippen LogP) is 2.80. The van der Waals surface area contributed by atoms with Gasteiger partial charge in [0.1, 0.15) is 11.5 Å². The van der Waals surface area contributed by atoms with Crippen LogP contribution in [0.15, 0.2) is 52.5 Å². The number of thiophene rings is 1. The first-order valence-corrected chi connectivity index (χ1v) is 6.47. The van der Waals surface area contributed by atoms with Crippen LogP contribution in [-0.4, -0.2) is 16.8 Å². The van der Waals surface area contributed by atoms with Crippen LogP contribution in [-0.2, 0) is 9.63 Å². The van der Waals surface area contributed by atoms with Crippen molar-refractivity contribution in [2.75, 3.05) is 0 Å². The summed E-state index contributed by atoms with van der Waals surface area (Å²) in [6.45, 7) is 0. The van der Waals surface area contributed by atoms with Gasteiger partial charge in [0.2, 0.25) is 0 Å². The van der Waals surface area contributed by atoms with Crippen molar-refractivity contribution in [2.45, 2.75) is 0 Å². The number of benzene rings is 1. The molecule has 2 heterocycles. The number of rotatable bonds is 2. The molecule has 0 amide bonds. The van der Waals surface area contributed by atoms with Gasteiger partial charge in [0.25, 0.3) is 0 Å². The van der Waals surface area contributed by atoms with Crippen molar-refractivity contribution in [2.24, 2.45) is 5.16 Å². The highest BCUT2D eigenvalue weighted by Gasteiger charge is 2.28. The highest BCUT2D eigenvalue weighted by atomic mass is 32.1.